The van der Waals surface area contributed by atoms with Crippen LogP contribution >= 0.6 is 23.2 Å². The number of rotatable bonds is 1. The summed E-state index contributed by atoms with van der Waals surface area (Å²) >= 11 is 11.3. The molecule has 0 fully saturated rings. The van der Waals surface area contributed by atoms with Crippen LogP contribution in [0.15, 0.2) is 18.2 Å². The Morgan fingerprint density at radius 2 is 2.00 bits per heavy atom. The number of amides is 1. The Morgan fingerprint density at radius 1 is 1.42 bits per heavy atom. The van der Waals surface area contributed by atoms with Crippen molar-refractivity contribution < 1.29 is 18.6 Å². The van der Waals surface area contributed by atoms with Crippen LogP contribution in [0, 0.1) is 0 Å². The molecule has 1 amide bonds. The third-order valence-electron chi connectivity index (χ3n) is 1.22. The van der Waals surface area contributed by atoms with Gasteiger partial charge < -0.3 is 18.1 Å². The van der Waals surface area contributed by atoms with Crippen LogP contribution in [0.5, 0.6) is 0 Å². The largest absolute Gasteiger partial charge is 1.00 e. The van der Waals surface area contributed by atoms with E-state index in [-0.39, 0.29) is 24.4 Å². The average Bonchev–Trinajstić information content (AvgIpc) is 1.94. The lowest BCUT2D eigenvalue weighted by atomic mass is 10.2. The summed E-state index contributed by atoms with van der Waals surface area (Å²) in [6.45, 7) is 0. The Hall–Kier alpha value is -0.440. The number of halogens is 3. The molecule has 0 aliphatic carbocycles. The van der Waals surface area contributed by atoms with Gasteiger partial charge in [-0.05, 0) is 12.1 Å². The maximum absolute atomic E-state index is 10.7. The quantitative estimate of drug-likeness (QED) is 0.670. The first-order chi connectivity index (χ1) is 5.13. The Balaban J connectivity index is 0. The molecular formula is C7H6Cl3NO. The van der Waals surface area contributed by atoms with Gasteiger partial charge >= 0.3 is 1.43 Å². The zero-order chi connectivity index (χ0) is 8.43. The van der Waals surface area contributed by atoms with Gasteiger partial charge in [-0.2, -0.15) is 0 Å². The molecule has 2 N–H and O–H groups in total. The topological polar surface area (TPSA) is 43.1 Å². The van der Waals surface area contributed by atoms with Gasteiger partial charge in [0.25, 0.3) is 0 Å². The first-order valence-corrected chi connectivity index (χ1v) is 3.62. The molecule has 0 aliphatic rings. The van der Waals surface area contributed by atoms with E-state index in [1.807, 2.05) is 0 Å². The van der Waals surface area contributed by atoms with E-state index in [4.69, 9.17) is 28.9 Å². The lowest BCUT2D eigenvalue weighted by molar-refractivity contribution is -0.0000104. The SMILES string of the molecule is NC(=O)c1cccc(Cl)c1Cl.[Cl-].[H+]. The van der Waals surface area contributed by atoms with E-state index in [1.165, 1.54) is 6.07 Å². The Bertz CT molecular complexity index is 306. The predicted octanol–water partition coefficient (Wildman–Crippen LogP) is -0.791. The van der Waals surface area contributed by atoms with Crippen LogP contribution in [-0.4, -0.2) is 5.91 Å². The van der Waals surface area contributed by atoms with Gasteiger partial charge in [0.15, 0.2) is 0 Å². The molecule has 0 unspecified atom stereocenters. The van der Waals surface area contributed by atoms with Crippen molar-refractivity contribution in [2.45, 2.75) is 0 Å². The molecule has 0 saturated heterocycles. The molecule has 0 heterocycles. The molecule has 0 atom stereocenters. The van der Waals surface area contributed by atoms with Gasteiger partial charge in [-0.25, -0.2) is 0 Å². The summed E-state index contributed by atoms with van der Waals surface area (Å²) in [7, 11) is 0. The monoisotopic (exact) mass is 225 g/mol. The summed E-state index contributed by atoms with van der Waals surface area (Å²) in [6, 6.07) is 4.74. The molecule has 0 radical (unpaired) electrons. The minimum absolute atomic E-state index is 0. The van der Waals surface area contributed by atoms with Crippen LogP contribution in [0.2, 0.25) is 10.0 Å². The minimum Gasteiger partial charge on any atom is -1.00 e. The highest BCUT2D eigenvalue weighted by Gasteiger charge is 2.07. The fourth-order valence-electron chi connectivity index (χ4n) is 0.694. The predicted molar refractivity (Wildman–Crippen MR) is 46.1 cm³/mol. The maximum Gasteiger partial charge on any atom is 1.00 e. The van der Waals surface area contributed by atoms with Gasteiger partial charge in [0.05, 0.1) is 15.6 Å². The Labute approximate surface area is 87.5 Å². The Kier molecular flexibility index (Phi) is 4.39. The van der Waals surface area contributed by atoms with Gasteiger partial charge in [0.1, 0.15) is 0 Å². The molecule has 1 aromatic rings. The molecule has 0 aromatic heterocycles. The number of benzene rings is 1. The summed E-state index contributed by atoms with van der Waals surface area (Å²) in [5.41, 5.74) is 5.25. The van der Waals surface area contributed by atoms with Crippen molar-refractivity contribution in [2.75, 3.05) is 0 Å². The van der Waals surface area contributed by atoms with Gasteiger partial charge in [-0.15, -0.1) is 0 Å². The zero-order valence-corrected chi connectivity index (χ0v) is 8.12. The van der Waals surface area contributed by atoms with E-state index < -0.39 is 5.91 Å². The normalized spacial score (nSPS) is 8.83. The molecule has 2 nitrogen and oxygen atoms in total. The molecule has 1 rings (SSSR count). The van der Waals surface area contributed by atoms with Crippen LogP contribution in [0.25, 0.3) is 0 Å². The van der Waals surface area contributed by atoms with Crippen molar-refractivity contribution in [1.29, 1.82) is 0 Å². The van der Waals surface area contributed by atoms with Crippen molar-refractivity contribution in [3.63, 3.8) is 0 Å². The summed E-state index contributed by atoms with van der Waals surface area (Å²) in [6.07, 6.45) is 0. The second-order valence-corrected chi connectivity index (χ2v) is 2.75. The third-order valence-corrected chi connectivity index (χ3v) is 2.04. The first-order valence-electron chi connectivity index (χ1n) is 2.86. The fourth-order valence-corrected chi connectivity index (χ4v) is 1.09. The number of hydrogen-bond acceptors (Lipinski definition) is 1. The minimum atomic E-state index is -0.572. The first kappa shape index (κ1) is 11.6. The molecule has 1 aromatic carbocycles. The van der Waals surface area contributed by atoms with Gasteiger partial charge in [-0.3, -0.25) is 4.79 Å². The van der Waals surface area contributed by atoms with Crippen molar-refractivity contribution in [3.05, 3.63) is 33.8 Å². The zero-order valence-electron chi connectivity index (χ0n) is 6.85. The van der Waals surface area contributed by atoms with Crippen molar-refractivity contribution >= 4 is 29.1 Å². The molecule has 0 spiro atoms. The molecule has 0 aliphatic heterocycles. The molecule has 0 bridgehead atoms. The van der Waals surface area contributed by atoms with E-state index in [0.717, 1.165) is 0 Å². The molecule has 12 heavy (non-hydrogen) atoms. The van der Waals surface area contributed by atoms with E-state index >= 15 is 0 Å². The van der Waals surface area contributed by atoms with Crippen molar-refractivity contribution in [1.82, 2.24) is 0 Å². The lowest BCUT2D eigenvalue weighted by Gasteiger charge is -1.99. The highest BCUT2D eigenvalue weighted by Crippen LogP contribution is 2.24. The molecule has 5 heteroatoms. The number of hydrogen-bond donors (Lipinski definition) is 1. The third kappa shape index (κ3) is 2.27. The number of nitrogens with two attached hydrogens (primary N) is 1. The summed E-state index contributed by atoms with van der Waals surface area (Å²) < 4.78 is 0. The van der Waals surface area contributed by atoms with E-state index in [2.05, 4.69) is 0 Å². The van der Waals surface area contributed by atoms with Gasteiger partial charge in [0, 0.05) is 0 Å². The van der Waals surface area contributed by atoms with Crippen LogP contribution in [-0.2, 0) is 0 Å². The van der Waals surface area contributed by atoms with Crippen molar-refractivity contribution in [2.24, 2.45) is 5.73 Å². The van der Waals surface area contributed by atoms with E-state index in [0.29, 0.717) is 5.02 Å². The maximum atomic E-state index is 10.7. The number of carbonyl (C=O) groups excluding carboxylic acids is 1. The number of primary amides is 1. The van der Waals surface area contributed by atoms with E-state index in [9.17, 15) is 4.79 Å². The summed E-state index contributed by atoms with van der Waals surface area (Å²) in [5.74, 6) is -0.572. The molecule has 0 saturated carbocycles. The van der Waals surface area contributed by atoms with Crippen molar-refractivity contribution in [3.8, 4) is 0 Å². The van der Waals surface area contributed by atoms with Crippen LogP contribution in [0.4, 0.5) is 0 Å². The van der Waals surface area contributed by atoms with Crippen LogP contribution < -0.4 is 18.1 Å². The van der Waals surface area contributed by atoms with Gasteiger partial charge in [-0.1, -0.05) is 29.3 Å². The highest BCUT2D eigenvalue weighted by molar-refractivity contribution is 6.43. The van der Waals surface area contributed by atoms with Crippen LogP contribution in [0.3, 0.4) is 0 Å². The highest BCUT2D eigenvalue weighted by atomic mass is 35.5. The van der Waals surface area contributed by atoms with Crippen LogP contribution in [0.1, 0.15) is 11.8 Å². The number of carbonyl (C=O) groups is 1. The Morgan fingerprint density at radius 3 is 2.42 bits per heavy atom. The lowest BCUT2D eigenvalue weighted by Crippen LogP contribution is -3.00. The molecular weight excluding hydrogens is 220 g/mol. The standard InChI is InChI=1S/C7H5Cl2NO.ClH/c8-5-3-1-2-4(6(5)9)7(10)11;/h1-3H,(H2,10,11);1H. The smallest absolute Gasteiger partial charge is 1.00 e. The molecule has 66 valence electrons. The fraction of sp³-hybridized carbons (Fsp3) is 0. The average molecular weight is 226 g/mol. The second kappa shape index (κ2) is 4.55. The second-order valence-electron chi connectivity index (χ2n) is 1.97. The summed E-state index contributed by atoms with van der Waals surface area (Å²) in [5, 5.41) is 0.546. The van der Waals surface area contributed by atoms with E-state index in [1.54, 1.807) is 12.1 Å². The van der Waals surface area contributed by atoms with Gasteiger partial charge in [0.2, 0.25) is 5.91 Å². The summed E-state index contributed by atoms with van der Waals surface area (Å²) in [4.78, 5) is 10.7.